The van der Waals surface area contributed by atoms with Crippen molar-refractivity contribution in [1.82, 2.24) is 19.4 Å². The Morgan fingerprint density at radius 2 is 1.87 bits per heavy atom. The third-order valence-corrected chi connectivity index (χ3v) is 9.98. The van der Waals surface area contributed by atoms with Crippen LogP contribution < -0.4 is 20.0 Å². The van der Waals surface area contributed by atoms with E-state index in [9.17, 15) is 9.59 Å². The molecule has 0 unspecified atom stereocenters. The first-order chi connectivity index (χ1) is 22.0. The second-order valence-electron chi connectivity index (χ2n) is 12.0. The van der Waals surface area contributed by atoms with Gasteiger partial charge in [-0.05, 0) is 36.6 Å². The molecule has 0 bridgehead atoms. The summed E-state index contributed by atoms with van der Waals surface area (Å²) in [4.78, 5) is 41.8. The van der Waals surface area contributed by atoms with Crippen molar-refractivity contribution < 1.29 is 18.7 Å². The van der Waals surface area contributed by atoms with Gasteiger partial charge in [0.15, 0.2) is 11.5 Å². The second kappa shape index (κ2) is 11.2. The zero-order valence-corrected chi connectivity index (χ0v) is 26.1. The van der Waals surface area contributed by atoms with Crippen molar-refractivity contribution in [3.05, 3.63) is 57.8 Å². The Morgan fingerprint density at radius 3 is 2.67 bits per heavy atom. The van der Waals surface area contributed by atoms with Crippen LogP contribution in [0.5, 0.6) is 5.75 Å². The van der Waals surface area contributed by atoms with Crippen LogP contribution >= 0.6 is 11.3 Å². The van der Waals surface area contributed by atoms with Crippen molar-refractivity contribution in [2.75, 3.05) is 63.4 Å². The van der Waals surface area contributed by atoms with E-state index in [0.717, 1.165) is 53.5 Å². The Labute approximate surface area is 263 Å². The average Bonchev–Trinajstić information content (AvgIpc) is 3.83. The zero-order valence-electron chi connectivity index (χ0n) is 25.3. The quantitative estimate of drug-likeness (QED) is 0.252. The van der Waals surface area contributed by atoms with Crippen molar-refractivity contribution in [3.63, 3.8) is 0 Å². The third kappa shape index (κ3) is 4.83. The molecule has 11 nitrogen and oxygen atoms in total. The summed E-state index contributed by atoms with van der Waals surface area (Å²) in [5, 5.41) is 2.84. The van der Waals surface area contributed by atoms with Gasteiger partial charge in [-0.15, -0.1) is 11.3 Å². The number of thiophene rings is 1. The molecule has 0 N–H and O–H groups in total. The maximum Gasteiger partial charge on any atom is 0.270 e. The molecule has 6 heterocycles. The molecule has 2 fully saturated rings. The highest BCUT2D eigenvalue weighted by molar-refractivity contribution is 7.17. The van der Waals surface area contributed by atoms with Crippen LogP contribution in [0.3, 0.4) is 0 Å². The fourth-order valence-electron chi connectivity index (χ4n) is 6.72. The van der Waals surface area contributed by atoms with Gasteiger partial charge in [-0.2, -0.15) is 4.98 Å². The number of morpholine rings is 1. The lowest BCUT2D eigenvalue weighted by Crippen LogP contribution is -2.36. The zero-order chi connectivity index (χ0) is 30.7. The predicted molar refractivity (Wildman–Crippen MR) is 174 cm³/mol. The lowest BCUT2D eigenvalue weighted by atomic mass is 10.1. The number of carbonyl (C=O) groups excluding carboxylic acids is 1. The molecule has 12 heteroatoms. The number of benzene rings is 1. The van der Waals surface area contributed by atoms with Gasteiger partial charge in [-0.25, -0.2) is 4.98 Å². The van der Waals surface area contributed by atoms with Crippen LogP contribution in [0.2, 0.25) is 0 Å². The summed E-state index contributed by atoms with van der Waals surface area (Å²) in [7, 11) is 3.56. The van der Waals surface area contributed by atoms with Gasteiger partial charge in [-0.3, -0.25) is 9.59 Å². The molecule has 1 aromatic carbocycles. The molecule has 0 spiro atoms. The Morgan fingerprint density at radius 1 is 1.04 bits per heavy atom. The highest BCUT2D eigenvalue weighted by Crippen LogP contribution is 2.42. The van der Waals surface area contributed by atoms with Gasteiger partial charge in [0.2, 0.25) is 11.4 Å². The van der Waals surface area contributed by atoms with Gasteiger partial charge in [0.25, 0.3) is 5.91 Å². The molecule has 1 amide bonds. The molecule has 1 saturated heterocycles. The van der Waals surface area contributed by atoms with Gasteiger partial charge < -0.3 is 33.2 Å². The van der Waals surface area contributed by atoms with E-state index >= 15 is 0 Å². The molecule has 232 valence electrons. The molecule has 1 aliphatic carbocycles. The van der Waals surface area contributed by atoms with E-state index in [1.807, 2.05) is 35.8 Å². The SMILES string of the molecule is CN(C)C(=O)c1cc2cnc(N3CCOc4cc(-c5csc6c(=O)cc(N7CCOCC7)oc56)ccc43)nc2n1C1CCCC1. The average molecular weight is 627 g/mol. The minimum Gasteiger partial charge on any atom is -0.490 e. The van der Waals surface area contributed by atoms with Crippen molar-refractivity contribution in [3.8, 4) is 16.9 Å². The summed E-state index contributed by atoms with van der Waals surface area (Å²) in [6, 6.07) is 9.79. The van der Waals surface area contributed by atoms with E-state index in [-0.39, 0.29) is 17.4 Å². The summed E-state index contributed by atoms with van der Waals surface area (Å²) in [5.41, 5.74) is 4.62. The number of anilines is 3. The van der Waals surface area contributed by atoms with Crippen LogP contribution in [-0.4, -0.2) is 78.9 Å². The fraction of sp³-hybridized carbons (Fsp3) is 0.394. The number of hydrogen-bond donors (Lipinski definition) is 0. The van der Waals surface area contributed by atoms with Crippen LogP contribution in [0.25, 0.3) is 32.4 Å². The smallest absolute Gasteiger partial charge is 0.270 e. The topological polar surface area (TPSA) is 106 Å². The Balaban J connectivity index is 1.17. The molecule has 0 radical (unpaired) electrons. The normalized spacial score (nSPS) is 17.2. The second-order valence-corrected chi connectivity index (χ2v) is 12.9. The summed E-state index contributed by atoms with van der Waals surface area (Å²) in [5.74, 6) is 1.83. The monoisotopic (exact) mass is 626 g/mol. The molecule has 8 rings (SSSR count). The number of nitrogens with zero attached hydrogens (tertiary/aromatic N) is 6. The molecule has 5 aromatic rings. The Hall–Kier alpha value is -4.42. The highest BCUT2D eigenvalue weighted by atomic mass is 32.1. The number of amides is 1. The van der Waals surface area contributed by atoms with Crippen molar-refractivity contribution in [1.29, 1.82) is 0 Å². The van der Waals surface area contributed by atoms with Gasteiger partial charge in [0.1, 0.15) is 28.4 Å². The van der Waals surface area contributed by atoms with E-state index in [0.29, 0.717) is 73.0 Å². The molecule has 4 aromatic heterocycles. The Bertz CT molecular complexity index is 1980. The first kappa shape index (κ1) is 28.1. The molecule has 1 saturated carbocycles. The van der Waals surface area contributed by atoms with Crippen molar-refractivity contribution >= 4 is 56.1 Å². The number of fused-ring (bicyclic) bond motifs is 3. The summed E-state index contributed by atoms with van der Waals surface area (Å²) < 4.78 is 20.7. The Kier molecular flexibility index (Phi) is 6.98. The molecule has 2 aliphatic heterocycles. The number of rotatable bonds is 5. The number of ether oxygens (including phenoxy) is 2. The minimum atomic E-state index is -0.0419. The van der Waals surface area contributed by atoms with Crippen LogP contribution in [0, 0.1) is 0 Å². The van der Waals surface area contributed by atoms with Gasteiger partial charge in [0.05, 0.1) is 25.4 Å². The lowest BCUT2D eigenvalue weighted by Gasteiger charge is -2.30. The maximum atomic E-state index is 13.2. The molecular weight excluding hydrogens is 592 g/mol. The molecular formula is C33H34N6O5S. The molecule has 45 heavy (non-hydrogen) atoms. The predicted octanol–water partition coefficient (Wildman–Crippen LogP) is 5.45. The van der Waals surface area contributed by atoms with E-state index < -0.39 is 0 Å². The largest absolute Gasteiger partial charge is 0.490 e. The van der Waals surface area contributed by atoms with Crippen LogP contribution in [0.15, 0.2) is 51.1 Å². The number of carbonyl (C=O) groups is 1. The van der Waals surface area contributed by atoms with Crippen molar-refractivity contribution in [2.24, 2.45) is 0 Å². The van der Waals surface area contributed by atoms with Crippen LogP contribution in [0.1, 0.15) is 42.2 Å². The van der Waals surface area contributed by atoms with E-state index in [1.165, 1.54) is 11.3 Å². The van der Waals surface area contributed by atoms with Gasteiger partial charge in [0, 0.05) is 61.8 Å². The fourth-order valence-corrected chi connectivity index (χ4v) is 7.63. The highest BCUT2D eigenvalue weighted by Gasteiger charge is 2.29. The van der Waals surface area contributed by atoms with E-state index in [1.54, 1.807) is 25.1 Å². The summed E-state index contributed by atoms with van der Waals surface area (Å²) in [6.07, 6.45) is 6.18. The van der Waals surface area contributed by atoms with Crippen LogP contribution in [0.4, 0.5) is 17.5 Å². The first-order valence-electron chi connectivity index (χ1n) is 15.5. The number of aromatic nitrogens is 3. The molecule has 3 aliphatic rings. The van der Waals surface area contributed by atoms with E-state index in [4.69, 9.17) is 23.9 Å². The van der Waals surface area contributed by atoms with Crippen LogP contribution in [-0.2, 0) is 4.74 Å². The van der Waals surface area contributed by atoms with E-state index in [2.05, 4.69) is 14.4 Å². The summed E-state index contributed by atoms with van der Waals surface area (Å²) in [6.45, 7) is 3.63. The number of hydrogen-bond acceptors (Lipinski definition) is 10. The molecule has 0 atom stereocenters. The standard InChI is InChI=1S/C33H34N6O5S/c1-36(2)32(41)25-15-21-18-34-33(35-31(21)39(25)22-5-3-4-6-22)38-11-14-43-27-16-20(7-8-24(27)38)23-19-45-30-26(40)17-28(44-29(23)30)37-9-12-42-13-10-37/h7-8,15-19,22H,3-6,9-14H2,1-2H3. The summed E-state index contributed by atoms with van der Waals surface area (Å²) >= 11 is 1.39. The van der Waals surface area contributed by atoms with Crippen molar-refractivity contribution in [2.45, 2.75) is 31.7 Å². The third-order valence-electron chi connectivity index (χ3n) is 9.01. The van der Waals surface area contributed by atoms with Gasteiger partial charge >= 0.3 is 0 Å². The maximum absolute atomic E-state index is 13.2. The van der Waals surface area contributed by atoms with Gasteiger partial charge in [-0.1, -0.05) is 18.9 Å². The lowest BCUT2D eigenvalue weighted by molar-refractivity contribution is 0.0815. The minimum absolute atomic E-state index is 0.0282. The first-order valence-corrected chi connectivity index (χ1v) is 16.4.